The minimum Gasteiger partial charge on any atom is -0.356 e. The Morgan fingerprint density at radius 1 is 1.19 bits per heavy atom. The van der Waals surface area contributed by atoms with Crippen LogP contribution in [0.25, 0.3) is 11.1 Å². The lowest BCUT2D eigenvalue weighted by Gasteiger charge is -2.26. The van der Waals surface area contributed by atoms with Crippen LogP contribution in [0.3, 0.4) is 0 Å². The summed E-state index contributed by atoms with van der Waals surface area (Å²) in [6.07, 6.45) is 4.61. The van der Waals surface area contributed by atoms with E-state index in [2.05, 4.69) is 15.4 Å². The lowest BCUT2D eigenvalue weighted by molar-refractivity contribution is -0.0102. The van der Waals surface area contributed by atoms with Crippen molar-refractivity contribution in [2.75, 3.05) is 29.6 Å². The number of benzene rings is 1. The summed E-state index contributed by atoms with van der Waals surface area (Å²) in [6.45, 7) is 4.12. The molecule has 2 N–H and O–H groups in total. The number of amides is 1. The van der Waals surface area contributed by atoms with E-state index >= 15 is 0 Å². The number of carbonyl (C=O) groups excluding carboxylic acids is 1. The fourth-order valence-electron chi connectivity index (χ4n) is 4.52. The SMILES string of the molecule is Cc1nn(C)cc1-c1cnc(N2CCCC(F)(F)CC2)c(C(=O)Nc2cccc(S(C)(=N)=O)c2)c1C. The van der Waals surface area contributed by atoms with Gasteiger partial charge in [-0.05, 0) is 44.0 Å². The van der Waals surface area contributed by atoms with Crippen LogP contribution in [0.15, 0.2) is 41.6 Å². The second kappa shape index (κ2) is 9.61. The van der Waals surface area contributed by atoms with Crippen molar-refractivity contribution in [1.82, 2.24) is 14.8 Å². The predicted molar refractivity (Wildman–Crippen MR) is 136 cm³/mol. The van der Waals surface area contributed by atoms with Crippen LogP contribution in [0.2, 0.25) is 0 Å². The number of aromatic nitrogens is 3. The van der Waals surface area contributed by atoms with Crippen molar-refractivity contribution in [2.45, 2.75) is 43.9 Å². The smallest absolute Gasteiger partial charge is 0.259 e. The molecule has 1 saturated heterocycles. The molecule has 0 spiro atoms. The molecule has 0 aliphatic carbocycles. The molecule has 1 unspecified atom stereocenters. The summed E-state index contributed by atoms with van der Waals surface area (Å²) >= 11 is 0. The first-order valence-electron chi connectivity index (χ1n) is 11.6. The van der Waals surface area contributed by atoms with Gasteiger partial charge in [0.15, 0.2) is 0 Å². The van der Waals surface area contributed by atoms with Crippen LogP contribution in [0.5, 0.6) is 0 Å². The Morgan fingerprint density at radius 2 is 1.94 bits per heavy atom. The number of nitrogens with zero attached hydrogens (tertiary/aromatic N) is 4. The molecule has 3 heterocycles. The highest BCUT2D eigenvalue weighted by molar-refractivity contribution is 7.91. The molecule has 0 saturated carbocycles. The van der Waals surface area contributed by atoms with Gasteiger partial charge >= 0.3 is 0 Å². The van der Waals surface area contributed by atoms with E-state index in [0.717, 1.165) is 16.8 Å². The molecule has 0 bridgehead atoms. The molecule has 3 aromatic rings. The Morgan fingerprint density at radius 3 is 2.61 bits per heavy atom. The molecule has 1 atom stereocenters. The second-order valence-corrected chi connectivity index (χ2v) is 11.5. The second-order valence-electron chi connectivity index (χ2n) is 9.32. The predicted octanol–water partition coefficient (Wildman–Crippen LogP) is 5.01. The molecule has 1 aliphatic rings. The molecule has 2 aromatic heterocycles. The number of rotatable bonds is 5. The van der Waals surface area contributed by atoms with Crippen LogP contribution < -0.4 is 10.2 Å². The summed E-state index contributed by atoms with van der Waals surface area (Å²) < 4.78 is 49.9. The minimum atomic E-state index is -2.97. The Balaban J connectivity index is 1.80. The van der Waals surface area contributed by atoms with Gasteiger partial charge in [0.05, 0.1) is 21.0 Å². The number of anilines is 2. The highest BCUT2D eigenvalue weighted by atomic mass is 32.2. The van der Waals surface area contributed by atoms with Crippen LogP contribution in [0.4, 0.5) is 20.3 Å². The van der Waals surface area contributed by atoms with Crippen LogP contribution in [-0.2, 0) is 16.8 Å². The van der Waals surface area contributed by atoms with E-state index in [1.54, 1.807) is 34.0 Å². The average molecular weight is 517 g/mol. The fraction of sp³-hybridized carbons (Fsp3) is 0.400. The fourth-order valence-corrected chi connectivity index (χ4v) is 5.21. The third-order valence-corrected chi connectivity index (χ3v) is 7.56. The molecule has 1 fully saturated rings. The molecular weight excluding hydrogens is 486 g/mol. The third-order valence-electron chi connectivity index (χ3n) is 6.41. The standard InChI is InChI=1S/C25H30F2N6O2S/c1-16-20(21-15-32(3)31-17(21)2)14-29-23(33-11-6-9-25(26,27)10-12-33)22(16)24(34)30-18-7-5-8-19(13-18)36(4,28)35/h5,7-8,13-15,28H,6,9-12H2,1-4H3,(H,30,34). The normalized spacial score (nSPS) is 17.3. The van der Waals surface area contributed by atoms with Gasteiger partial charge in [-0.2, -0.15) is 5.10 Å². The summed E-state index contributed by atoms with van der Waals surface area (Å²) in [7, 11) is -1.16. The number of aryl methyl sites for hydroxylation is 2. The van der Waals surface area contributed by atoms with E-state index < -0.39 is 21.6 Å². The van der Waals surface area contributed by atoms with Gasteiger partial charge in [0.1, 0.15) is 5.82 Å². The molecular formula is C25H30F2N6O2S. The van der Waals surface area contributed by atoms with Crippen molar-refractivity contribution >= 4 is 27.1 Å². The van der Waals surface area contributed by atoms with E-state index in [0.29, 0.717) is 28.5 Å². The van der Waals surface area contributed by atoms with Gasteiger partial charge in [0.25, 0.3) is 5.91 Å². The summed E-state index contributed by atoms with van der Waals surface area (Å²) in [4.78, 5) is 20.3. The number of nitrogens with one attached hydrogen (secondary N) is 2. The van der Waals surface area contributed by atoms with Gasteiger partial charge in [-0.1, -0.05) is 6.07 Å². The Labute approximate surface area is 209 Å². The molecule has 1 amide bonds. The minimum absolute atomic E-state index is 0.0806. The summed E-state index contributed by atoms with van der Waals surface area (Å²) in [5, 5.41) is 7.23. The van der Waals surface area contributed by atoms with Gasteiger partial charge in [0, 0.05) is 73.3 Å². The molecule has 8 nitrogen and oxygen atoms in total. The van der Waals surface area contributed by atoms with E-state index in [9.17, 15) is 17.8 Å². The first-order chi connectivity index (χ1) is 16.9. The van der Waals surface area contributed by atoms with E-state index in [-0.39, 0.29) is 31.4 Å². The van der Waals surface area contributed by atoms with Crippen molar-refractivity contribution < 1.29 is 17.8 Å². The van der Waals surface area contributed by atoms with Crippen molar-refractivity contribution in [3.63, 3.8) is 0 Å². The lowest BCUT2D eigenvalue weighted by Crippen LogP contribution is -2.30. The number of pyridine rings is 1. The third kappa shape index (κ3) is 5.40. The van der Waals surface area contributed by atoms with Crippen LogP contribution in [0.1, 0.15) is 40.9 Å². The van der Waals surface area contributed by atoms with Gasteiger partial charge in [-0.25, -0.2) is 22.8 Å². The van der Waals surface area contributed by atoms with Crippen LogP contribution >= 0.6 is 0 Å². The quantitative estimate of drug-likeness (QED) is 0.496. The van der Waals surface area contributed by atoms with E-state index in [1.165, 1.54) is 12.3 Å². The molecule has 0 radical (unpaired) electrons. The van der Waals surface area contributed by atoms with Gasteiger partial charge in [-0.3, -0.25) is 9.48 Å². The number of hydrogen-bond donors (Lipinski definition) is 2. The van der Waals surface area contributed by atoms with Gasteiger partial charge < -0.3 is 10.2 Å². The van der Waals surface area contributed by atoms with Crippen LogP contribution in [0, 0.1) is 18.6 Å². The number of hydrogen-bond acceptors (Lipinski definition) is 6. The molecule has 36 heavy (non-hydrogen) atoms. The largest absolute Gasteiger partial charge is 0.356 e. The molecule has 11 heteroatoms. The first kappa shape index (κ1) is 25.7. The zero-order valence-electron chi connectivity index (χ0n) is 20.8. The monoisotopic (exact) mass is 516 g/mol. The highest BCUT2D eigenvalue weighted by Crippen LogP contribution is 2.35. The Bertz CT molecular complexity index is 1420. The highest BCUT2D eigenvalue weighted by Gasteiger charge is 2.33. The summed E-state index contributed by atoms with van der Waals surface area (Å²) in [5.41, 5.74) is 3.65. The first-order valence-corrected chi connectivity index (χ1v) is 13.6. The maximum atomic E-state index is 14.1. The van der Waals surface area contributed by atoms with Gasteiger partial charge in [-0.15, -0.1) is 0 Å². The zero-order valence-corrected chi connectivity index (χ0v) is 21.6. The maximum Gasteiger partial charge on any atom is 0.259 e. The van der Waals surface area contributed by atoms with Gasteiger partial charge in [0.2, 0.25) is 5.92 Å². The average Bonchev–Trinajstić information content (AvgIpc) is 3.01. The topological polar surface area (TPSA) is 104 Å². The van der Waals surface area contributed by atoms with Crippen LogP contribution in [-0.4, -0.2) is 50.1 Å². The van der Waals surface area contributed by atoms with E-state index in [1.807, 2.05) is 27.1 Å². The molecule has 192 valence electrons. The molecule has 1 aliphatic heterocycles. The van der Waals surface area contributed by atoms with E-state index in [4.69, 9.17) is 4.78 Å². The maximum absolute atomic E-state index is 14.1. The lowest BCUT2D eigenvalue weighted by atomic mass is 9.98. The summed E-state index contributed by atoms with van der Waals surface area (Å²) in [6, 6.07) is 6.36. The number of halogens is 2. The van der Waals surface area contributed by atoms with Crippen molar-refractivity contribution in [3.05, 3.63) is 53.5 Å². The molecule has 4 rings (SSSR count). The zero-order chi connectivity index (χ0) is 26.3. The Kier molecular flexibility index (Phi) is 6.87. The van der Waals surface area contributed by atoms with Crippen molar-refractivity contribution in [1.29, 1.82) is 4.78 Å². The van der Waals surface area contributed by atoms with Crippen molar-refractivity contribution in [2.24, 2.45) is 7.05 Å². The number of carbonyl (C=O) groups is 1. The Hall–Kier alpha value is -3.34. The number of alkyl halides is 2. The molecule has 1 aromatic carbocycles. The summed E-state index contributed by atoms with van der Waals surface area (Å²) in [5.74, 6) is -2.86. The van der Waals surface area contributed by atoms with Crippen molar-refractivity contribution in [3.8, 4) is 11.1 Å².